The van der Waals surface area contributed by atoms with Gasteiger partial charge in [0.25, 0.3) is 0 Å². The number of para-hydroxylation sites is 1. The smallest absolute Gasteiger partial charge is 0.352 e. The van der Waals surface area contributed by atoms with E-state index in [1.165, 1.54) is 6.20 Å². The highest BCUT2D eigenvalue weighted by Gasteiger charge is 2.18. The Kier molecular flexibility index (Phi) is 5.98. The van der Waals surface area contributed by atoms with Gasteiger partial charge >= 0.3 is 5.69 Å². The quantitative estimate of drug-likeness (QED) is 0.316. The number of benzene rings is 3. The predicted molar refractivity (Wildman–Crippen MR) is 128 cm³/mol. The molecule has 0 saturated carbocycles. The summed E-state index contributed by atoms with van der Waals surface area (Å²) in [5.74, 6) is 0.773. The molecule has 4 rings (SSSR count). The van der Waals surface area contributed by atoms with Crippen molar-refractivity contribution in [3.05, 3.63) is 85.8 Å². The Morgan fingerprint density at radius 1 is 0.968 bits per heavy atom. The molecule has 0 bridgehead atoms. The molecule has 3 aromatic carbocycles. The van der Waals surface area contributed by atoms with E-state index in [0.717, 1.165) is 16.6 Å². The van der Waals surface area contributed by atoms with Crippen molar-refractivity contribution in [1.82, 2.24) is 9.55 Å². The average Bonchev–Trinajstić information content (AvgIpc) is 2.75. The molecule has 158 valence electrons. The molecule has 0 aliphatic carbocycles. The highest BCUT2D eigenvalue weighted by molar-refractivity contribution is 6.44. The Balaban J connectivity index is 2.08. The molecule has 0 atom stereocenters. The monoisotopic (exact) mass is 472 g/mol. The van der Waals surface area contributed by atoms with Crippen LogP contribution in [-0.2, 0) is 0 Å². The molecule has 0 N–H and O–H groups in total. The van der Waals surface area contributed by atoms with Crippen LogP contribution >= 0.6 is 34.8 Å². The largest absolute Gasteiger partial charge is 0.497 e. The number of aromatic nitrogens is 2. The van der Waals surface area contributed by atoms with Gasteiger partial charge in [0, 0.05) is 33.8 Å². The van der Waals surface area contributed by atoms with Crippen molar-refractivity contribution in [3.8, 4) is 22.6 Å². The number of ether oxygens (including phenoxy) is 1. The Labute approximate surface area is 195 Å². The zero-order chi connectivity index (χ0) is 22.3. The second-order valence-corrected chi connectivity index (χ2v) is 8.64. The van der Waals surface area contributed by atoms with Crippen LogP contribution in [0.4, 0.5) is 0 Å². The summed E-state index contributed by atoms with van der Waals surface area (Å²) in [5, 5.41) is 1.90. The average molecular weight is 474 g/mol. The molecule has 1 heterocycles. The third kappa shape index (κ3) is 3.91. The van der Waals surface area contributed by atoms with Gasteiger partial charge in [-0.05, 0) is 35.7 Å². The van der Waals surface area contributed by atoms with Crippen LogP contribution in [0.5, 0.6) is 5.75 Å². The fourth-order valence-corrected chi connectivity index (χ4v) is 4.35. The number of fused-ring (bicyclic) bond motifs is 1. The number of hydrogen-bond acceptors (Lipinski definition) is 3. The van der Waals surface area contributed by atoms with Crippen LogP contribution in [0.3, 0.4) is 0 Å². The zero-order valence-electron chi connectivity index (χ0n) is 17.1. The van der Waals surface area contributed by atoms with E-state index in [-0.39, 0.29) is 11.6 Å². The topological polar surface area (TPSA) is 44.1 Å². The zero-order valence-corrected chi connectivity index (χ0v) is 19.4. The first kappa shape index (κ1) is 21.7. The van der Waals surface area contributed by atoms with E-state index in [1.807, 2.05) is 30.3 Å². The van der Waals surface area contributed by atoms with E-state index >= 15 is 0 Å². The van der Waals surface area contributed by atoms with Crippen molar-refractivity contribution in [2.75, 3.05) is 7.11 Å². The molecule has 4 nitrogen and oxygen atoms in total. The molecular formula is C24H19Cl3N2O2. The lowest BCUT2D eigenvalue weighted by Crippen LogP contribution is -2.22. The third-order valence-electron chi connectivity index (χ3n) is 5.19. The maximum atomic E-state index is 12.9. The Morgan fingerprint density at radius 2 is 1.71 bits per heavy atom. The molecule has 0 amide bonds. The highest BCUT2D eigenvalue weighted by atomic mass is 35.5. The van der Waals surface area contributed by atoms with Gasteiger partial charge in [-0.25, -0.2) is 9.78 Å². The van der Waals surface area contributed by atoms with E-state index in [9.17, 15) is 4.79 Å². The molecule has 0 aliphatic heterocycles. The predicted octanol–water partition coefficient (Wildman–Crippen LogP) is 7.14. The van der Waals surface area contributed by atoms with Crippen molar-refractivity contribution in [3.63, 3.8) is 0 Å². The van der Waals surface area contributed by atoms with Crippen LogP contribution in [-0.4, -0.2) is 16.7 Å². The first-order valence-electron chi connectivity index (χ1n) is 9.65. The van der Waals surface area contributed by atoms with Crippen molar-refractivity contribution in [2.45, 2.75) is 19.8 Å². The van der Waals surface area contributed by atoms with Gasteiger partial charge < -0.3 is 4.74 Å². The van der Waals surface area contributed by atoms with E-state index < -0.39 is 0 Å². The fraction of sp³-hybridized carbons (Fsp3) is 0.167. The Bertz CT molecular complexity index is 1360. The number of methoxy groups -OCH3 is 1. The van der Waals surface area contributed by atoms with Crippen LogP contribution in [0, 0.1) is 0 Å². The lowest BCUT2D eigenvalue weighted by atomic mass is 10.00. The molecule has 0 fully saturated rings. The summed E-state index contributed by atoms with van der Waals surface area (Å²) in [4.78, 5) is 17.0. The molecule has 7 heteroatoms. The maximum absolute atomic E-state index is 12.9. The second-order valence-electron chi connectivity index (χ2n) is 7.45. The van der Waals surface area contributed by atoms with Gasteiger partial charge in [-0.3, -0.25) is 4.57 Å². The summed E-state index contributed by atoms with van der Waals surface area (Å²) in [6.07, 6.45) is 1.53. The molecule has 0 saturated heterocycles. The van der Waals surface area contributed by atoms with Gasteiger partial charge in [-0.15, -0.1) is 0 Å². The third-order valence-corrected chi connectivity index (χ3v) is 6.30. The van der Waals surface area contributed by atoms with Crippen LogP contribution in [0.25, 0.3) is 27.7 Å². The first-order valence-corrected chi connectivity index (χ1v) is 10.8. The number of hydrogen-bond donors (Lipinski definition) is 0. The van der Waals surface area contributed by atoms with Crippen molar-refractivity contribution >= 4 is 45.7 Å². The SMILES string of the molecule is COc1cc(Cl)c(Cl)c(-c2cc3c(cnc(=O)n3-c3ccccc3C(C)C)cc2Cl)c1. The molecule has 4 aromatic rings. The second kappa shape index (κ2) is 8.54. The summed E-state index contributed by atoms with van der Waals surface area (Å²) in [7, 11) is 1.55. The summed E-state index contributed by atoms with van der Waals surface area (Å²) < 4.78 is 6.95. The summed E-state index contributed by atoms with van der Waals surface area (Å²) >= 11 is 19.4. The minimum atomic E-state index is -0.372. The molecule has 0 spiro atoms. The van der Waals surface area contributed by atoms with E-state index in [2.05, 4.69) is 18.8 Å². The number of nitrogens with zero attached hydrogens (tertiary/aromatic N) is 2. The lowest BCUT2D eigenvalue weighted by molar-refractivity contribution is 0.415. The molecule has 31 heavy (non-hydrogen) atoms. The normalized spacial score (nSPS) is 11.3. The summed E-state index contributed by atoms with van der Waals surface area (Å²) in [6, 6.07) is 14.8. The summed E-state index contributed by atoms with van der Waals surface area (Å²) in [6.45, 7) is 4.17. The van der Waals surface area contributed by atoms with Gasteiger partial charge in [-0.1, -0.05) is 66.8 Å². The van der Waals surface area contributed by atoms with Crippen LogP contribution in [0.15, 0.2) is 59.5 Å². The van der Waals surface area contributed by atoms with Crippen molar-refractivity contribution in [2.24, 2.45) is 0 Å². The first-order chi connectivity index (χ1) is 14.8. The van der Waals surface area contributed by atoms with Crippen molar-refractivity contribution < 1.29 is 4.74 Å². The number of rotatable bonds is 4. The molecule has 0 aliphatic rings. The molecule has 0 unspecified atom stereocenters. The van der Waals surface area contributed by atoms with Gasteiger partial charge in [0.15, 0.2) is 0 Å². The minimum absolute atomic E-state index is 0.219. The van der Waals surface area contributed by atoms with Gasteiger partial charge in [0.2, 0.25) is 0 Å². The van der Waals surface area contributed by atoms with Gasteiger partial charge in [0.1, 0.15) is 5.75 Å². The van der Waals surface area contributed by atoms with Crippen molar-refractivity contribution in [1.29, 1.82) is 0 Å². The number of halogens is 3. The standard InChI is InChI=1S/C24H19Cl3N2O2/c1-13(2)16-6-4-5-7-21(16)29-22-11-17(19(25)8-14(22)12-28-24(29)30)18-9-15(31-3)10-20(26)23(18)27/h4-13H,1-3H3. The Morgan fingerprint density at radius 3 is 2.42 bits per heavy atom. The molecular weight excluding hydrogens is 455 g/mol. The highest BCUT2D eigenvalue weighted by Crippen LogP contribution is 2.41. The van der Waals surface area contributed by atoms with E-state index in [1.54, 1.807) is 29.9 Å². The van der Waals surface area contributed by atoms with Crippen LogP contribution in [0.1, 0.15) is 25.3 Å². The van der Waals surface area contributed by atoms with Gasteiger partial charge in [0.05, 0.1) is 28.4 Å². The summed E-state index contributed by atoms with van der Waals surface area (Å²) in [5.41, 5.74) is 3.37. The Hall–Kier alpha value is -2.53. The van der Waals surface area contributed by atoms with Crippen LogP contribution < -0.4 is 10.4 Å². The van der Waals surface area contributed by atoms with Gasteiger partial charge in [-0.2, -0.15) is 0 Å². The minimum Gasteiger partial charge on any atom is -0.497 e. The fourth-order valence-electron chi connectivity index (χ4n) is 3.66. The molecule has 0 radical (unpaired) electrons. The van der Waals surface area contributed by atoms with E-state index in [0.29, 0.717) is 37.5 Å². The maximum Gasteiger partial charge on any atom is 0.352 e. The molecule has 1 aromatic heterocycles. The lowest BCUT2D eigenvalue weighted by Gasteiger charge is -2.18. The van der Waals surface area contributed by atoms with E-state index in [4.69, 9.17) is 39.5 Å². The van der Waals surface area contributed by atoms with Crippen LogP contribution in [0.2, 0.25) is 15.1 Å².